The minimum absolute atomic E-state index is 0.530. The van der Waals surface area contributed by atoms with Crippen LogP contribution in [0.2, 0.25) is 5.15 Å². The van der Waals surface area contributed by atoms with Crippen molar-refractivity contribution in [3.63, 3.8) is 0 Å². The van der Waals surface area contributed by atoms with Crippen LogP contribution in [0.1, 0.15) is 11.1 Å². The Bertz CT molecular complexity index is 713. The predicted octanol–water partition coefficient (Wildman–Crippen LogP) is 4.63. The lowest BCUT2D eigenvalue weighted by Gasteiger charge is -2.05. The molecule has 1 aromatic carbocycles. The van der Waals surface area contributed by atoms with E-state index in [0.717, 1.165) is 15.2 Å². The number of pyridine rings is 1. The summed E-state index contributed by atoms with van der Waals surface area (Å²) in [6, 6.07) is 8.17. The average molecular weight is 275 g/mol. The molecule has 0 unspecified atom stereocenters. The van der Waals surface area contributed by atoms with Crippen molar-refractivity contribution >= 4 is 33.2 Å². The van der Waals surface area contributed by atoms with Crippen LogP contribution in [-0.4, -0.2) is 9.97 Å². The molecule has 0 spiro atoms. The maximum absolute atomic E-state index is 6.10. The zero-order valence-electron chi connectivity index (χ0n) is 10.1. The number of hydrogen-bond acceptors (Lipinski definition) is 3. The van der Waals surface area contributed by atoms with Crippen LogP contribution < -0.4 is 0 Å². The van der Waals surface area contributed by atoms with Gasteiger partial charge < -0.3 is 0 Å². The van der Waals surface area contributed by atoms with E-state index in [-0.39, 0.29) is 0 Å². The molecule has 0 radical (unpaired) electrons. The Labute approximate surface area is 114 Å². The maximum Gasteiger partial charge on any atom is 0.148 e. The summed E-state index contributed by atoms with van der Waals surface area (Å²) in [5, 5.41) is 1.54. The van der Waals surface area contributed by atoms with Crippen LogP contribution in [0.5, 0.6) is 0 Å². The molecule has 4 heteroatoms. The van der Waals surface area contributed by atoms with Crippen molar-refractivity contribution in [3.05, 3.63) is 46.7 Å². The topological polar surface area (TPSA) is 25.8 Å². The molecule has 0 aliphatic rings. The highest BCUT2D eigenvalue weighted by molar-refractivity contribution is 7.22. The molecule has 0 atom stereocenters. The molecule has 3 aromatic rings. The molecule has 0 aliphatic heterocycles. The second-order valence-corrected chi connectivity index (χ2v) is 5.59. The van der Waals surface area contributed by atoms with Crippen molar-refractivity contribution in [2.24, 2.45) is 0 Å². The Hall–Kier alpha value is -1.45. The highest BCUT2D eigenvalue weighted by Gasteiger charge is 2.12. The number of nitrogens with zero attached hydrogens (tertiary/aromatic N) is 2. The molecule has 0 saturated carbocycles. The van der Waals surface area contributed by atoms with Crippen molar-refractivity contribution in [2.45, 2.75) is 13.8 Å². The summed E-state index contributed by atoms with van der Waals surface area (Å²) in [5.41, 5.74) is 4.59. The molecule has 2 heterocycles. The second-order valence-electron chi connectivity index (χ2n) is 4.24. The van der Waals surface area contributed by atoms with Crippen LogP contribution in [0, 0.1) is 13.8 Å². The molecule has 2 nitrogen and oxygen atoms in total. The lowest BCUT2D eigenvalue weighted by atomic mass is 10.0. The zero-order valence-corrected chi connectivity index (χ0v) is 11.6. The number of aromatic nitrogens is 2. The SMILES string of the molecule is Cc1cccc(C)c1-c1nc2ccnc(Cl)c2s1. The number of rotatable bonds is 1. The summed E-state index contributed by atoms with van der Waals surface area (Å²) in [4.78, 5) is 8.75. The maximum atomic E-state index is 6.10. The molecule has 18 heavy (non-hydrogen) atoms. The molecule has 0 fully saturated rings. The summed E-state index contributed by atoms with van der Waals surface area (Å²) in [7, 11) is 0. The van der Waals surface area contributed by atoms with Crippen LogP contribution >= 0.6 is 22.9 Å². The minimum Gasteiger partial charge on any atom is -0.243 e. The third-order valence-corrected chi connectivity index (χ3v) is 4.45. The van der Waals surface area contributed by atoms with Gasteiger partial charge in [0.05, 0.1) is 10.2 Å². The van der Waals surface area contributed by atoms with E-state index < -0.39 is 0 Å². The summed E-state index contributed by atoms with van der Waals surface area (Å²) >= 11 is 7.70. The summed E-state index contributed by atoms with van der Waals surface area (Å²) in [6.07, 6.45) is 1.69. The standard InChI is InChI=1S/C14H11ClN2S/c1-8-4-3-5-9(2)11(8)14-17-10-6-7-16-13(15)12(10)18-14/h3-7H,1-2H3. The summed E-state index contributed by atoms with van der Waals surface area (Å²) < 4.78 is 0.955. The smallest absolute Gasteiger partial charge is 0.148 e. The van der Waals surface area contributed by atoms with Crippen LogP contribution in [0.25, 0.3) is 20.8 Å². The fraction of sp³-hybridized carbons (Fsp3) is 0.143. The number of fused-ring (bicyclic) bond motifs is 1. The number of thiazole rings is 1. The van der Waals surface area contributed by atoms with Gasteiger partial charge in [-0.25, -0.2) is 9.97 Å². The molecule has 90 valence electrons. The Kier molecular flexibility index (Phi) is 2.80. The second kappa shape index (κ2) is 4.34. The minimum atomic E-state index is 0.530. The van der Waals surface area contributed by atoms with Crippen molar-refractivity contribution in [1.82, 2.24) is 9.97 Å². The quantitative estimate of drug-likeness (QED) is 0.605. The first-order chi connectivity index (χ1) is 8.66. The molecular formula is C14H11ClN2S. The van der Waals surface area contributed by atoms with E-state index in [1.54, 1.807) is 17.5 Å². The van der Waals surface area contributed by atoms with Crippen molar-refractivity contribution < 1.29 is 0 Å². The van der Waals surface area contributed by atoms with E-state index in [0.29, 0.717) is 5.15 Å². The first kappa shape index (κ1) is 11.6. The van der Waals surface area contributed by atoms with Gasteiger partial charge in [-0.05, 0) is 31.0 Å². The Balaban J connectivity index is 2.30. The summed E-state index contributed by atoms with van der Waals surface area (Å²) in [5.74, 6) is 0. The Morgan fingerprint density at radius 3 is 2.50 bits per heavy atom. The van der Waals surface area contributed by atoms with E-state index in [1.165, 1.54) is 16.7 Å². The fourth-order valence-corrected chi connectivity index (χ4v) is 3.47. The Morgan fingerprint density at radius 2 is 1.83 bits per heavy atom. The van der Waals surface area contributed by atoms with Gasteiger partial charge in [-0.1, -0.05) is 29.8 Å². The number of aryl methyl sites for hydroxylation is 2. The van der Waals surface area contributed by atoms with Gasteiger partial charge in [0.1, 0.15) is 10.2 Å². The normalized spacial score (nSPS) is 11.1. The van der Waals surface area contributed by atoms with Gasteiger partial charge in [-0.15, -0.1) is 11.3 Å². The molecule has 0 amide bonds. The molecule has 0 saturated heterocycles. The number of benzene rings is 1. The molecule has 3 rings (SSSR count). The molecule has 2 aromatic heterocycles. The highest BCUT2D eigenvalue weighted by Crippen LogP contribution is 2.36. The van der Waals surface area contributed by atoms with Crippen molar-refractivity contribution in [2.75, 3.05) is 0 Å². The zero-order chi connectivity index (χ0) is 12.7. The van der Waals surface area contributed by atoms with E-state index >= 15 is 0 Å². The van der Waals surface area contributed by atoms with Crippen LogP contribution in [0.15, 0.2) is 30.5 Å². The lowest BCUT2D eigenvalue weighted by Crippen LogP contribution is -1.86. The third-order valence-electron chi connectivity index (χ3n) is 2.96. The first-order valence-corrected chi connectivity index (χ1v) is 6.84. The summed E-state index contributed by atoms with van der Waals surface area (Å²) in [6.45, 7) is 4.21. The van der Waals surface area contributed by atoms with Gasteiger partial charge in [-0.2, -0.15) is 0 Å². The van der Waals surface area contributed by atoms with Crippen LogP contribution in [0.3, 0.4) is 0 Å². The monoisotopic (exact) mass is 274 g/mol. The largest absolute Gasteiger partial charge is 0.243 e. The lowest BCUT2D eigenvalue weighted by molar-refractivity contribution is 1.34. The number of halogens is 1. The third kappa shape index (κ3) is 1.80. The van der Waals surface area contributed by atoms with E-state index in [9.17, 15) is 0 Å². The van der Waals surface area contributed by atoms with E-state index in [2.05, 4.69) is 42.0 Å². The van der Waals surface area contributed by atoms with Crippen molar-refractivity contribution in [3.8, 4) is 10.6 Å². The molecular weight excluding hydrogens is 264 g/mol. The highest BCUT2D eigenvalue weighted by atomic mass is 35.5. The van der Waals surface area contributed by atoms with Crippen LogP contribution in [-0.2, 0) is 0 Å². The molecule has 0 bridgehead atoms. The fourth-order valence-electron chi connectivity index (χ4n) is 2.08. The molecule has 0 N–H and O–H groups in total. The van der Waals surface area contributed by atoms with Gasteiger partial charge in [0.2, 0.25) is 0 Å². The average Bonchev–Trinajstić information content (AvgIpc) is 2.74. The Morgan fingerprint density at radius 1 is 1.11 bits per heavy atom. The van der Waals surface area contributed by atoms with Crippen LogP contribution in [0.4, 0.5) is 0 Å². The van der Waals surface area contributed by atoms with Crippen molar-refractivity contribution in [1.29, 1.82) is 0 Å². The van der Waals surface area contributed by atoms with E-state index in [4.69, 9.17) is 11.6 Å². The van der Waals surface area contributed by atoms with Gasteiger partial charge >= 0.3 is 0 Å². The van der Waals surface area contributed by atoms with E-state index in [1.807, 2.05) is 6.07 Å². The first-order valence-electron chi connectivity index (χ1n) is 5.64. The molecule has 0 aliphatic carbocycles. The predicted molar refractivity (Wildman–Crippen MR) is 77.3 cm³/mol. The number of hydrogen-bond donors (Lipinski definition) is 0. The van der Waals surface area contributed by atoms with Gasteiger partial charge in [0, 0.05) is 11.8 Å². The van der Waals surface area contributed by atoms with Gasteiger partial charge in [-0.3, -0.25) is 0 Å². The van der Waals surface area contributed by atoms with Gasteiger partial charge in [0.25, 0.3) is 0 Å². The van der Waals surface area contributed by atoms with Gasteiger partial charge in [0.15, 0.2) is 0 Å².